The topological polar surface area (TPSA) is 89.5 Å². The second-order valence-electron chi connectivity index (χ2n) is 7.93. The highest BCUT2D eigenvalue weighted by Gasteiger charge is 2.25. The van der Waals surface area contributed by atoms with E-state index in [2.05, 4.69) is 20.1 Å². The smallest absolute Gasteiger partial charge is 0.274 e. The molecule has 0 atom stereocenters. The molecule has 1 saturated heterocycles. The zero-order valence-corrected chi connectivity index (χ0v) is 18.6. The first-order valence-corrected chi connectivity index (χ1v) is 10.9. The monoisotopic (exact) mass is 462 g/mol. The van der Waals surface area contributed by atoms with Crippen LogP contribution in [0.1, 0.15) is 16.4 Å². The van der Waals surface area contributed by atoms with Crippen molar-refractivity contribution < 1.29 is 18.4 Å². The molecule has 1 aliphatic rings. The molecule has 0 radical (unpaired) electrons. The summed E-state index contributed by atoms with van der Waals surface area (Å²) in [6, 6.07) is 15.2. The molecule has 1 fully saturated rings. The molecular weight excluding hydrogens is 439 g/mol. The fourth-order valence-corrected chi connectivity index (χ4v) is 3.84. The molecular formula is C24H23FN6O3. The summed E-state index contributed by atoms with van der Waals surface area (Å²) in [7, 11) is 1.62. The molecule has 1 aliphatic heterocycles. The molecule has 4 aromatic rings. The van der Waals surface area contributed by atoms with Crippen LogP contribution in [0.2, 0.25) is 0 Å². The van der Waals surface area contributed by atoms with E-state index < -0.39 is 0 Å². The quantitative estimate of drug-likeness (QED) is 0.435. The first-order chi connectivity index (χ1) is 16.6. The minimum atomic E-state index is -0.352. The Morgan fingerprint density at radius 1 is 1.09 bits per heavy atom. The maximum Gasteiger partial charge on any atom is 0.274 e. The van der Waals surface area contributed by atoms with Crippen LogP contribution in [-0.2, 0) is 6.54 Å². The van der Waals surface area contributed by atoms with E-state index in [-0.39, 0.29) is 11.7 Å². The van der Waals surface area contributed by atoms with Gasteiger partial charge in [0.2, 0.25) is 11.7 Å². The fourth-order valence-electron chi connectivity index (χ4n) is 3.84. The number of carbonyl (C=O) groups excluding carboxylic acids is 1. The number of carbonyl (C=O) groups is 1. The first-order valence-electron chi connectivity index (χ1n) is 10.9. The lowest BCUT2D eigenvalue weighted by molar-refractivity contribution is 0.0609. The van der Waals surface area contributed by atoms with Crippen molar-refractivity contribution in [2.24, 2.45) is 0 Å². The Bertz CT molecular complexity index is 1280. The zero-order chi connectivity index (χ0) is 23.5. The minimum Gasteiger partial charge on any atom is -0.497 e. The molecule has 0 unspecified atom stereocenters. The van der Waals surface area contributed by atoms with E-state index in [1.54, 1.807) is 36.4 Å². The number of aromatic nitrogens is 4. The van der Waals surface area contributed by atoms with Gasteiger partial charge in [0, 0.05) is 37.9 Å². The van der Waals surface area contributed by atoms with Crippen molar-refractivity contribution in [3.05, 3.63) is 78.2 Å². The highest BCUT2D eigenvalue weighted by Crippen LogP contribution is 2.20. The Hall–Kier alpha value is -4.05. The predicted octanol–water partition coefficient (Wildman–Crippen LogP) is 3.03. The van der Waals surface area contributed by atoms with Gasteiger partial charge in [-0.15, -0.1) is 0 Å². The van der Waals surface area contributed by atoms with Crippen molar-refractivity contribution in [2.45, 2.75) is 6.54 Å². The lowest BCUT2D eigenvalue weighted by Gasteiger charge is -2.33. The molecule has 0 aliphatic carbocycles. The molecule has 2 aromatic heterocycles. The Morgan fingerprint density at radius 3 is 2.62 bits per heavy atom. The first kappa shape index (κ1) is 21.8. The van der Waals surface area contributed by atoms with Crippen molar-refractivity contribution in [1.82, 2.24) is 29.7 Å². The average molecular weight is 462 g/mol. The zero-order valence-electron chi connectivity index (χ0n) is 18.6. The summed E-state index contributed by atoms with van der Waals surface area (Å²) < 4.78 is 25.6. The molecule has 34 heavy (non-hydrogen) atoms. The Kier molecular flexibility index (Phi) is 6.05. The maximum atomic E-state index is 13.5. The number of piperazine rings is 1. The number of hydrogen-bond donors (Lipinski definition) is 0. The number of hydrogen-bond acceptors (Lipinski definition) is 7. The van der Waals surface area contributed by atoms with Gasteiger partial charge in [-0.25, -0.2) is 9.07 Å². The predicted molar refractivity (Wildman–Crippen MR) is 121 cm³/mol. The van der Waals surface area contributed by atoms with Gasteiger partial charge in [-0.05, 0) is 48.5 Å². The van der Waals surface area contributed by atoms with Crippen LogP contribution in [-0.4, -0.2) is 68.9 Å². The minimum absolute atomic E-state index is 0.144. The Morgan fingerprint density at radius 2 is 1.88 bits per heavy atom. The maximum absolute atomic E-state index is 13.5. The molecule has 2 aromatic carbocycles. The van der Waals surface area contributed by atoms with Crippen LogP contribution in [0.15, 0.2) is 65.3 Å². The number of ether oxygens (including phenoxy) is 1. The third-order valence-corrected chi connectivity index (χ3v) is 5.72. The van der Waals surface area contributed by atoms with Crippen LogP contribution in [0.25, 0.3) is 17.1 Å². The summed E-state index contributed by atoms with van der Waals surface area (Å²) in [5.74, 6) is 1.32. The van der Waals surface area contributed by atoms with Gasteiger partial charge in [-0.3, -0.25) is 9.69 Å². The van der Waals surface area contributed by atoms with Crippen LogP contribution in [0.5, 0.6) is 5.75 Å². The molecule has 3 heterocycles. The molecule has 1 amide bonds. The third-order valence-electron chi connectivity index (χ3n) is 5.72. The lowest BCUT2D eigenvalue weighted by atomic mass is 10.2. The van der Waals surface area contributed by atoms with Crippen LogP contribution in [0.3, 0.4) is 0 Å². The molecule has 10 heteroatoms. The average Bonchev–Trinajstić information content (AvgIpc) is 3.55. The van der Waals surface area contributed by atoms with Crippen molar-refractivity contribution in [3.8, 4) is 22.8 Å². The number of rotatable bonds is 6. The van der Waals surface area contributed by atoms with E-state index in [9.17, 15) is 9.18 Å². The molecule has 0 spiro atoms. The number of benzene rings is 2. The number of methoxy groups -OCH3 is 1. The van der Waals surface area contributed by atoms with Crippen LogP contribution >= 0.6 is 0 Å². The van der Waals surface area contributed by atoms with Crippen LogP contribution in [0, 0.1) is 5.82 Å². The summed E-state index contributed by atoms with van der Waals surface area (Å²) in [4.78, 5) is 21.3. The van der Waals surface area contributed by atoms with Gasteiger partial charge in [0.15, 0.2) is 5.69 Å². The SMILES string of the molecule is COc1ccc(-c2noc(CN3CCN(C(=O)c4ccn(-c5cccc(F)c5)n4)CC3)n2)cc1. The van der Waals surface area contributed by atoms with Gasteiger partial charge < -0.3 is 14.2 Å². The Labute approximate surface area is 195 Å². The number of amides is 1. The van der Waals surface area contributed by atoms with Gasteiger partial charge in [-0.2, -0.15) is 10.1 Å². The highest BCUT2D eigenvalue weighted by atomic mass is 19.1. The van der Waals surface area contributed by atoms with E-state index in [1.807, 2.05) is 24.3 Å². The molecule has 0 N–H and O–H groups in total. The molecule has 0 bridgehead atoms. The normalized spacial score (nSPS) is 14.4. The molecule has 0 saturated carbocycles. The lowest BCUT2D eigenvalue weighted by Crippen LogP contribution is -2.48. The van der Waals surface area contributed by atoms with Crippen LogP contribution in [0.4, 0.5) is 4.39 Å². The van der Waals surface area contributed by atoms with Gasteiger partial charge in [0.25, 0.3) is 5.91 Å². The Balaban J connectivity index is 1.16. The van der Waals surface area contributed by atoms with Crippen molar-refractivity contribution in [1.29, 1.82) is 0 Å². The standard InChI is InChI=1S/C24H23FN6O3/c1-33-20-7-5-17(6-8-20)23-26-22(34-28-23)16-29-11-13-30(14-12-29)24(32)21-9-10-31(27-21)19-4-2-3-18(25)15-19/h2-10,15H,11-14,16H2,1H3. The van der Waals surface area contributed by atoms with E-state index in [4.69, 9.17) is 9.26 Å². The number of halogens is 1. The second kappa shape index (κ2) is 9.44. The molecule has 9 nitrogen and oxygen atoms in total. The number of nitrogens with zero attached hydrogens (tertiary/aromatic N) is 6. The van der Waals surface area contributed by atoms with Crippen LogP contribution < -0.4 is 4.74 Å². The van der Waals surface area contributed by atoms with Gasteiger partial charge in [0.1, 0.15) is 11.6 Å². The van der Waals surface area contributed by atoms with Crippen molar-refractivity contribution in [3.63, 3.8) is 0 Å². The summed E-state index contributed by atoms with van der Waals surface area (Å²) in [5, 5.41) is 8.40. The molecule has 5 rings (SSSR count). The van der Waals surface area contributed by atoms with Gasteiger partial charge in [0.05, 0.1) is 19.3 Å². The fraction of sp³-hybridized carbons (Fsp3) is 0.250. The van der Waals surface area contributed by atoms with E-state index in [0.717, 1.165) is 11.3 Å². The highest BCUT2D eigenvalue weighted by molar-refractivity contribution is 5.92. The van der Waals surface area contributed by atoms with E-state index in [0.29, 0.717) is 55.8 Å². The van der Waals surface area contributed by atoms with Crippen molar-refractivity contribution in [2.75, 3.05) is 33.3 Å². The summed E-state index contributed by atoms with van der Waals surface area (Å²) >= 11 is 0. The summed E-state index contributed by atoms with van der Waals surface area (Å²) in [5.41, 5.74) is 1.75. The van der Waals surface area contributed by atoms with Gasteiger partial charge in [-0.1, -0.05) is 11.2 Å². The summed E-state index contributed by atoms with van der Waals surface area (Å²) in [6.07, 6.45) is 1.66. The summed E-state index contributed by atoms with van der Waals surface area (Å²) in [6.45, 7) is 2.99. The van der Waals surface area contributed by atoms with E-state index >= 15 is 0 Å². The largest absolute Gasteiger partial charge is 0.497 e. The third kappa shape index (κ3) is 4.67. The van der Waals surface area contributed by atoms with Crippen molar-refractivity contribution >= 4 is 5.91 Å². The molecule has 174 valence electrons. The van der Waals surface area contributed by atoms with Gasteiger partial charge >= 0.3 is 0 Å². The van der Waals surface area contributed by atoms with E-state index in [1.165, 1.54) is 16.8 Å². The second-order valence-corrected chi connectivity index (χ2v) is 7.93.